The lowest BCUT2D eigenvalue weighted by Gasteiger charge is -2.20. The van der Waals surface area contributed by atoms with Crippen LogP contribution in [0, 0.1) is 5.92 Å². The molecule has 0 aliphatic carbocycles. The number of halogens is 3. The van der Waals surface area contributed by atoms with Crippen LogP contribution in [0.5, 0.6) is 0 Å². The van der Waals surface area contributed by atoms with Gasteiger partial charge in [-0.2, -0.15) is 18.2 Å². The highest BCUT2D eigenvalue weighted by atomic mass is 19.4. The Hall–Kier alpha value is -2.15. The van der Waals surface area contributed by atoms with E-state index < -0.39 is 11.7 Å². The minimum Gasteiger partial charge on any atom is -0.335 e. The summed E-state index contributed by atoms with van der Waals surface area (Å²) in [7, 11) is 0. The van der Waals surface area contributed by atoms with Gasteiger partial charge in [0, 0.05) is 12.5 Å². The standard InChI is InChI=1S/C17H18F3N3O/c18-17(19,20)14-5-1-3-12(9-14)6-7-16-22-15(23-24-16)10-13-4-2-8-21-11-13/h1,3,5-7,9,13,21H,2,4,8,10-11H2/b7-6+. The maximum Gasteiger partial charge on any atom is 0.416 e. The predicted molar refractivity (Wildman–Crippen MR) is 84.0 cm³/mol. The smallest absolute Gasteiger partial charge is 0.335 e. The van der Waals surface area contributed by atoms with Gasteiger partial charge in [-0.05, 0) is 55.6 Å². The third-order valence-corrected chi connectivity index (χ3v) is 3.99. The fourth-order valence-corrected chi connectivity index (χ4v) is 2.76. The number of benzene rings is 1. The molecule has 0 radical (unpaired) electrons. The minimum atomic E-state index is -4.35. The number of hydrogen-bond donors (Lipinski definition) is 1. The highest BCUT2D eigenvalue weighted by molar-refractivity contribution is 5.66. The fraction of sp³-hybridized carbons (Fsp3) is 0.412. The first-order chi connectivity index (χ1) is 11.5. The van der Waals surface area contributed by atoms with E-state index in [0.29, 0.717) is 23.2 Å². The van der Waals surface area contributed by atoms with Gasteiger partial charge in [0.2, 0.25) is 0 Å². The number of alkyl halides is 3. The molecule has 4 nitrogen and oxygen atoms in total. The van der Waals surface area contributed by atoms with Crippen LogP contribution in [0.25, 0.3) is 12.2 Å². The molecular weight excluding hydrogens is 319 g/mol. The molecule has 0 spiro atoms. The highest BCUT2D eigenvalue weighted by Gasteiger charge is 2.30. The summed E-state index contributed by atoms with van der Waals surface area (Å²) in [6.07, 6.45) is 1.74. The van der Waals surface area contributed by atoms with Crippen LogP contribution in [0.4, 0.5) is 13.2 Å². The summed E-state index contributed by atoms with van der Waals surface area (Å²) in [4.78, 5) is 4.28. The second-order valence-corrected chi connectivity index (χ2v) is 5.92. The predicted octanol–water partition coefficient (Wildman–Crippen LogP) is 3.80. The van der Waals surface area contributed by atoms with Gasteiger partial charge in [-0.3, -0.25) is 0 Å². The molecule has 1 N–H and O–H groups in total. The van der Waals surface area contributed by atoms with Crippen LogP contribution in [-0.2, 0) is 12.6 Å². The van der Waals surface area contributed by atoms with E-state index in [-0.39, 0.29) is 0 Å². The van der Waals surface area contributed by atoms with E-state index in [1.807, 2.05) is 0 Å². The monoisotopic (exact) mass is 337 g/mol. The molecule has 7 heteroatoms. The summed E-state index contributed by atoms with van der Waals surface area (Å²) >= 11 is 0. The van der Waals surface area contributed by atoms with E-state index in [0.717, 1.165) is 44.5 Å². The Bertz CT molecular complexity index is 703. The molecule has 24 heavy (non-hydrogen) atoms. The Kier molecular flexibility index (Phi) is 4.99. The Balaban J connectivity index is 1.65. The fourth-order valence-electron chi connectivity index (χ4n) is 2.76. The van der Waals surface area contributed by atoms with Gasteiger partial charge in [0.1, 0.15) is 0 Å². The van der Waals surface area contributed by atoms with Crippen LogP contribution in [0.1, 0.15) is 35.7 Å². The van der Waals surface area contributed by atoms with Gasteiger partial charge >= 0.3 is 6.18 Å². The van der Waals surface area contributed by atoms with Gasteiger partial charge in [0.05, 0.1) is 5.56 Å². The van der Waals surface area contributed by atoms with E-state index in [2.05, 4.69) is 15.5 Å². The first kappa shape index (κ1) is 16.7. The van der Waals surface area contributed by atoms with Crippen molar-refractivity contribution in [1.29, 1.82) is 0 Å². The van der Waals surface area contributed by atoms with Crippen molar-refractivity contribution in [2.24, 2.45) is 5.92 Å². The molecule has 1 aromatic carbocycles. The lowest BCUT2D eigenvalue weighted by Crippen LogP contribution is -2.31. The van der Waals surface area contributed by atoms with Crippen LogP contribution in [0.2, 0.25) is 0 Å². The minimum absolute atomic E-state index is 0.297. The quantitative estimate of drug-likeness (QED) is 0.922. The molecule has 128 valence electrons. The Morgan fingerprint density at radius 2 is 2.17 bits per heavy atom. The van der Waals surface area contributed by atoms with E-state index in [4.69, 9.17) is 4.52 Å². The number of nitrogens with one attached hydrogen (secondary N) is 1. The summed E-state index contributed by atoms with van der Waals surface area (Å²) in [6.45, 7) is 2.00. The molecule has 1 unspecified atom stereocenters. The van der Waals surface area contributed by atoms with Crippen molar-refractivity contribution in [3.63, 3.8) is 0 Å². The maximum atomic E-state index is 12.7. The summed E-state index contributed by atoms with van der Waals surface area (Å²) in [5, 5.41) is 7.27. The molecule has 2 aromatic rings. The first-order valence-corrected chi connectivity index (χ1v) is 7.89. The molecule has 1 saturated heterocycles. The third-order valence-electron chi connectivity index (χ3n) is 3.99. The van der Waals surface area contributed by atoms with Crippen molar-refractivity contribution in [3.8, 4) is 0 Å². The lowest BCUT2D eigenvalue weighted by molar-refractivity contribution is -0.137. The van der Waals surface area contributed by atoms with Crippen molar-refractivity contribution in [2.75, 3.05) is 13.1 Å². The number of hydrogen-bond acceptors (Lipinski definition) is 4. The van der Waals surface area contributed by atoms with Crippen molar-refractivity contribution in [1.82, 2.24) is 15.5 Å². The largest absolute Gasteiger partial charge is 0.416 e. The molecule has 0 bridgehead atoms. The molecule has 1 aliphatic rings. The molecule has 0 saturated carbocycles. The zero-order valence-electron chi connectivity index (χ0n) is 13.0. The number of aromatic nitrogens is 2. The van der Waals surface area contributed by atoms with Crippen molar-refractivity contribution < 1.29 is 17.7 Å². The number of nitrogens with zero attached hydrogens (tertiary/aromatic N) is 2. The average molecular weight is 337 g/mol. The molecule has 1 aliphatic heterocycles. The van der Waals surface area contributed by atoms with E-state index in [1.165, 1.54) is 18.2 Å². The van der Waals surface area contributed by atoms with E-state index in [9.17, 15) is 13.2 Å². The van der Waals surface area contributed by atoms with Crippen molar-refractivity contribution in [3.05, 3.63) is 47.1 Å². The van der Waals surface area contributed by atoms with Crippen LogP contribution in [0.3, 0.4) is 0 Å². The van der Waals surface area contributed by atoms with Crippen LogP contribution in [-0.4, -0.2) is 23.2 Å². The van der Waals surface area contributed by atoms with Gasteiger partial charge < -0.3 is 9.84 Å². The number of rotatable bonds is 4. The number of piperidine rings is 1. The highest BCUT2D eigenvalue weighted by Crippen LogP contribution is 2.29. The normalized spacial score (nSPS) is 19.0. The molecule has 2 heterocycles. The van der Waals surface area contributed by atoms with Gasteiger partial charge in [0.25, 0.3) is 5.89 Å². The molecule has 1 aromatic heterocycles. The van der Waals surface area contributed by atoms with E-state index >= 15 is 0 Å². The summed E-state index contributed by atoms with van der Waals surface area (Å²) in [5.74, 6) is 1.43. The first-order valence-electron chi connectivity index (χ1n) is 7.89. The molecular formula is C17H18F3N3O. The zero-order valence-corrected chi connectivity index (χ0v) is 13.0. The third kappa shape index (κ3) is 4.44. The lowest BCUT2D eigenvalue weighted by atomic mass is 9.96. The zero-order chi connectivity index (χ0) is 17.0. The summed E-state index contributed by atoms with van der Waals surface area (Å²) in [5.41, 5.74) is -0.248. The summed E-state index contributed by atoms with van der Waals surface area (Å²) in [6, 6.07) is 5.09. The van der Waals surface area contributed by atoms with Gasteiger partial charge in [-0.25, -0.2) is 0 Å². The van der Waals surface area contributed by atoms with Gasteiger partial charge in [0.15, 0.2) is 5.82 Å². The summed E-state index contributed by atoms with van der Waals surface area (Å²) < 4.78 is 43.2. The van der Waals surface area contributed by atoms with Crippen molar-refractivity contribution >= 4 is 12.2 Å². The van der Waals surface area contributed by atoms with Gasteiger partial charge in [-0.15, -0.1) is 0 Å². The molecule has 0 amide bonds. The maximum absolute atomic E-state index is 12.7. The molecule has 1 fully saturated rings. The van der Waals surface area contributed by atoms with Crippen molar-refractivity contribution in [2.45, 2.75) is 25.4 Å². The Morgan fingerprint density at radius 1 is 1.29 bits per heavy atom. The Morgan fingerprint density at radius 3 is 2.92 bits per heavy atom. The molecule has 1 atom stereocenters. The van der Waals surface area contributed by atoms with E-state index in [1.54, 1.807) is 6.07 Å². The van der Waals surface area contributed by atoms with Crippen LogP contribution >= 0.6 is 0 Å². The Labute approximate surface area is 137 Å². The average Bonchev–Trinajstić information content (AvgIpc) is 3.01. The molecule has 3 rings (SSSR count). The SMILES string of the molecule is FC(F)(F)c1cccc(/C=C/c2nc(CC3CCCNC3)no2)c1. The topological polar surface area (TPSA) is 51.0 Å². The van der Waals surface area contributed by atoms with Gasteiger partial charge in [-0.1, -0.05) is 17.3 Å². The van der Waals surface area contributed by atoms with Crippen LogP contribution in [0.15, 0.2) is 28.8 Å². The second-order valence-electron chi connectivity index (χ2n) is 5.92. The van der Waals surface area contributed by atoms with Crippen LogP contribution < -0.4 is 5.32 Å². The second kappa shape index (κ2) is 7.17.